The summed E-state index contributed by atoms with van der Waals surface area (Å²) in [5, 5.41) is 16.9. The van der Waals surface area contributed by atoms with Gasteiger partial charge in [0.2, 0.25) is 5.95 Å². The zero-order valence-corrected chi connectivity index (χ0v) is 7.75. The Bertz CT molecular complexity index is 469. The van der Waals surface area contributed by atoms with Crippen LogP contribution in [0.1, 0.15) is 23.2 Å². The molecule has 0 radical (unpaired) electrons. The fraction of sp³-hybridized carbons (Fsp3) is 0.222. The Morgan fingerprint density at radius 3 is 2.69 bits per heavy atom. The van der Waals surface area contributed by atoms with Gasteiger partial charge in [0.1, 0.15) is 17.3 Å². The predicted octanol–water partition coefficient (Wildman–Crippen LogP) is 1.66. The topological polar surface area (TPSA) is 74.0 Å². The second-order valence-electron chi connectivity index (χ2n) is 2.85. The summed E-state index contributed by atoms with van der Waals surface area (Å²) in [5.41, 5.74) is -1.86. The van der Waals surface area contributed by atoms with Gasteiger partial charge in [0.05, 0.1) is 6.42 Å². The highest BCUT2D eigenvalue weighted by molar-refractivity contribution is 5.70. The lowest BCUT2D eigenvalue weighted by Crippen LogP contribution is -2.08. The van der Waals surface area contributed by atoms with Crippen LogP contribution in [0.4, 0.5) is 13.2 Å². The number of pyridine rings is 1. The molecule has 0 unspecified atom stereocenters. The molecule has 7 heteroatoms. The minimum Gasteiger partial charge on any atom is -0.481 e. The van der Waals surface area contributed by atoms with Crippen LogP contribution in [0.5, 0.6) is 0 Å². The molecule has 16 heavy (non-hydrogen) atoms. The van der Waals surface area contributed by atoms with Gasteiger partial charge in [-0.3, -0.25) is 4.79 Å². The van der Waals surface area contributed by atoms with Gasteiger partial charge >= 0.3 is 5.97 Å². The van der Waals surface area contributed by atoms with E-state index < -0.39 is 36.0 Å². The van der Waals surface area contributed by atoms with Crippen LogP contribution >= 0.6 is 0 Å². The number of halogens is 3. The normalized spacial score (nSPS) is 10.2. The number of carbonyl (C=O) groups is 1. The maximum absolute atomic E-state index is 12.9. The van der Waals surface area contributed by atoms with E-state index in [1.807, 2.05) is 0 Å². The summed E-state index contributed by atoms with van der Waals surface area (Å²) in [6.45, 7) is 0. The number of aromatic nitrogens is 1. The van der Waals surface area contributed by atoms with Crippen molar-refractivity contribution >= 4 is 5.97 Å². The van der Waals surface area contributed by atoms with E-state index in [1.165, 1.54) is 6.07 Å². The van der Waals surface area contributed by atoms with Crippen LogP contribution in [0.25, 0.3) is 0 Å². The van der Waals surface area contributed by atoms with Crippen molar-refractivity contribution in [3.63, 3.8) is 0 Å². The molecule has 0 aromatic carbocycles. The largest absolute Gasteiger partial charge is 0.481 e. The molecule has 1 heterocycles. The first-order chi connectivity index (χ1) is 7.45. The van der Waals surface area contributed by atoms with Gasteiger partial charge in [-0.25, -0.2) is 13.8 Å². The minimum atomic E-state index is -3.09. The van der Waals surface area contributed by atoms with Crippen molar-refractivity contribution in [2.45, 2.75) is 12.8 Å². The number of carboxylic acid groups (broad SMARTS) is 1. The molecule has 1 aromatic heterocycles. The Morgan fingerprint density at radius 1 is 1.62 bits per heavy atom. The third-order valence-corrected chi connectivity index (χ3v) is 1.76. The molecule has 0 amide bonds. The van der Waals surface area contributed by atoms with E-state index in [2.05, 4.69) is 4.98 Å². The first-order valence-electron chi connectivity index (χ1n) is 4.05. The van der Waals surface area contributed by atoms with Crippen molar-refractivity contribution < 1.29 is 23.1 Å². The van der Waals surface area contributed by atoms with E-state index in [9.17, 15) is 18.0 Å². The molecule has 1 aromatic rings. The monoisotopic (exact) mass is 230 g/mol. The molecule has 0 spiro atoms. The third-order valence-electron chi connectivity index (χ3n) is 1.76. The molecular weight excluding hydrogens is 225 g/mol. The zero-order valence-electron chi connectivity index (χ0n) is 7.75. The highest BCUT2D eigenvalue weighted by atomic mass is 19.3. The van der Waals surface area contributed by atoms with Gasteiger partial charge in [-0.15, -0.1) is 0 Å². The number of hydrogen-bond donors (Lipinski definition) is 1. The molecule has 0 saturated carbocycles. The molecule has 4 nitrogen and oxygen atoms in total. The van der Waals surface area contributed by atoms with Gasteiger partial charge in [0.15, 0.2) is 0 Å². The van der Waals surface area contributed by atoms with E-state index in [0.29, 0.717) is 0 Å². The number of hydrogen-bond acceptors (Lipinski definition) is 3. The second-order valence-corrected chi connectivity index (χ2v) is 2.85. The van der Waals surface area contributed by atoms with Gasteiger partial charge in [-0.05, 0) is 11.6 Å². The molecule has 0 fully saturated rings. The van der Waals surface area contributed by atoms with E-state index >= 15 is 0 Å². The van der Waals surface area contributed by atoms with Crippen molar-refractivity contribution in [2.75, 3.05) is 0 Å². The van der Waals surface area contributed by atoms with Crippen LogP contribution in [0, 0.1) is 17.3 Å². The van der Waals surface area contributed by atoms with Crippen molar-refractivity contribution in [3.8, 4) is 6.07 Å². The smallest absolute Gasteiger partial charge is 0.307 e. The number of nitriles is 1. The van der Waals surface area contributed by atoms with E-state index in [0.717, 1.165) is 6.07 Å². The Balaban J connectivity index is 3.32. The molecule has 0 bridgehead atoms. The fourth-order valence-corrected chi connectivity index (χ4v) is 1.12. The Kier molecular flexibility index (Phi) is 3.45. The highest BCUT2D eigenvalue weighted by Crippen LogP contribution is 2.23. The van der Waals surface area contributed by atoms with Crippen molar-refractivity contribution in [1.82, 2.24) is 4.98 Å². The summed E-state index contributed by atoms with van der Waals surface area (Å²) in [4.78, 5) is 13.3. The summed E-state index contributed by atoms with van der Waals surface area (Å²) < 4.78 is 37.7. The summed E-state index contributed by atoms with van der Waals surface area (Å²) in [7, 11) is 0. The Morgan fingerprint density at radius 2 is 2.25 bits per heavy atom. The molecule has 1 N–H and O–H groups in total. The van der Waals surface area contributed by atoms with Crippen LogP contribution in [-0.2, 0) is 11.2 Å². The number of rotatable bonds is 3. The summed E-state index contributed by atoms with van der Waals surface area (Å²) in [6, 6.07) is 2.18. The average Bonchev–Trinajstić information content (AvgIpc) is 2.19. The standard InChI is InChI=1S/C9H5F3N2O2/c10-8(11)7-4(2-6(15)16)1-5(3-13)9(12)14-7/h1,8H,2H2,(H,15,16). The van der Waals surface area contributed by atoms with Gasteiger partial charge in [-0.1, -0.05) is 0 Å². The SMILES string of the molecule is N#Cc1cc(CC(=O)O)c(C(F)F)nc1F. The average molecular weight is 230 g/mol. The molecule has 0 atom stereocenters. The molecule has 84 valence electrons. The van der Waals surface area contributed by atoms with Crippen molar-refractivity contribution in [3.05, 3.63) is 28.8 Å². The highest BCUT2D eigenvalue weighted by Gasteiger charge is 2.20. The summed E-state index contributed by atoms with van der Waals surface area (Å²) in [5.74, 6) is -2.69. The van der Waals surface area contributed by atoms with Gasteiger partial charge in [-0.2, -0.15) is 9.65 Å². The molecule has 1 rings (SSSR count). The van der Waals surface area contributed by atoms with E-state index in [1.54, 1.807) is 0 Å². The first kappa shape index (κ1) is 12.0. The molecule has 0 aliphatic carbocycles. The second kappa shape index (κ2) is 4.61. The lowest BCUT2D eigenvalue weighted by Gasteiger charge is -2.06. The van der Waals surface area contributed by atoms with Crippen molar-refractivity contribution in [1.29, 1.82) is 5.26 Å². The van der Waals surface area contributed by atoms with Crippen LogP contribution in [0.15, 0.2) is 6.07 Å². The van der Waals surface area contributed by atoms with Crippen molar-refractivity contribution in [2.24, 2.45) is 0 Å². The maximum atomic E-state index is 12.9. The summed E-state index contributed by atoms with van der Waals surface area (Å²) >= 11 is 0. The van der Waals surface area contributed by atoms with E-state index in [-0.39, 0.29) is 5.56 Å². The van der Waals surface area contributed by atoms with E-state index in [4.69, 9.17) is 10.4 Å². The van der Waals surface area contributed by atoms with Crippen LogP contribution in [-0.4, -0.2) is 16.1 Å². The van der Waals surface area contributed by atoms with Crippen LogP contribution in [0.2, 0.25) is 0 Å². The number of alkyl halides is 2. The number of carboxylic acids is 1. The lowest BCUT2D eigenvalue weighted by molar-refractivity contribution is -0.136. The van der Waals surface area contributed by atoms with Gasteiger partial charge in [0, 0.05) is 0 Å². The summed E-state index contributed by atoms with van der Waals surface area (Å²) in [6.07, 6.45) is -3.82. The zero-order chi connectivity index (χ0) is 12.3. The first-order valence-corrected chi connectivity index (χ1v) is 4.05. The molecule has 0 aliphatic heterocycles. The third kappa shape index (κ3) is 2.48. The lowest BCUT2D eigenvalue weighted by atomic mass is 10.1. The molecular formula is C9H5F3N2O2. The Hall–Kier alpha value is -2.10. The van der Waals surface area contributed by atoms with Gasteiger partial charge < -0.3 is 5.11 Å². The quantitative estimate of drug-likeness (QED) is 0.801. The Labute approximate surface area is 88.0 Å². The maximum Gasteiger partial charge on any atom is 0.307 e. The van der Waals surface area contributed by atoms with Gasteiger partial charge in [0.25, 0.3) is 6.43 Å². The molecule has 0 aliphatic rings. The molecule has 0 saturated heterocycles. The minimum absolute atomic E-state index is 0.361. The van der Waals surface area contributed by atoms with Crippen LogP contribution in [0.3, 0.4) is 0 Å². The fourth-order valence-electron chi connectivity index (χ4n) is 1.12. The predicted molar refractivity (Wildman–Crippen MR) is 45.2 cm³/mol. The number of aliphatic carboxylic acids is 1. The van der Waals surface area contributed by atoms with Crippen LogP contribution < -0.4 is 0 Å². The number of nitrogens with zero attached hydrogens (tertiary/aromatic N) is 2.